The number of aromatic nitrogens is 2. The van der Waals surface area contributed by atoms with E-state index in [4.69, 9.17) is 4.42 Å². The SMILES string of the molecule is N#Cc1ccc2oc3c(-n4c5ccccc5c5ccccc54)cc(-n4c5ccccc5c5ccccc54)cc3c2c1.[B]. The van der Waals surface area contributed by atoms with E-state index in [2.05, 4.69) is 124 Å². The molecule has 0 saturated carbocycles. The Balaban J connectivity index is 0.00000267. The summed E-state index contributed by atoms with van der Waals surface area (Å²) in [5.41, 5.74) is 8.70. The zero-order valence-corrected chi connectivity index (χ0v) is 22.5. The van der Waals surface area contributed by atoms with E-state index in [1.165, 1.54) is 21.5 Å². The van der Waals surface area contributed by atoms with E-state index in [0.29, 0.717) is 5.56 Å². The second-order valence-corrected chi connectivity index (χ2v) is 10.5. The van der Waals surface area contributed by atoms with Crippen molar-refractivity contribution in [1.82, 2.24) is 9.13 Å². The number of rotatable bonds is 2. The van der Waals surface area contributed by atoms with Crippen molar-refractivity contribution in [3.8, 4) is 17.4 Å². The number of hydrogen-bond donors (Lipinski definition) is 0. The molecule has 0 saturated heterocycles. The lowest BCUT2D eigenvalue weighted by Gasteiger charge is -2.14. The van der Waals surface area contributed by atoms with E-state index in [1.807, 2.05) is 18.2 Å². The molecule has 0 fully saturated rings. The topological polar surface area (TPSA) is 46.8 Å². The molecule has 5 heteroatoms. The normalized spacial score (nSPS) is 11.6. The molecule has 0 atom stereocenters. The summed E-state index contributed by atoms with van der Waals surface area (Å²) in [7, 11) is 0. The van der Waals surface area contributed by atoms with Gasteiger partial charge in [-0.05, 0) is 54.6 Å². The number of nitriles is 1. The minimum atomic E-state index is 0. The average molecular weight is 534 g/mol. The molecule has 0 N–H and O–H groups in total. The van der Waals surface area contributed by atoms with Crippen molar-refractivity contribution in [2.45, 2.75) is 0 Å². The zero-order chi connectivity index (χ0) is 27.1. The standard InChI is InChI=1S/C37H21N3O.B/c38-22-23-17-18-36-29(19-23)30-20-24(39-31-13-5-1-9-25(31)26-10-2-6-14-32(26)39)21-35(37(30)41-36)40-33-15-7-3-11-27(33)28-12-4-8-16-34(28)40;/h1-21H;. The molecule has 4 nitrogen and oxygen atoms in total. The summed E-state index contributed by atoms with van der Waals surface area (Å²) in [5, 5.41) is 16.4. The quantitative estimate of drug-likeness (QED) is 0.208. The summed E-state index contributed by atoms with van der Waals surface area (Å²) in [6.45, 7) is 0. The Morgan fingerprint density at radius 2 is 1.00 bits per heavy atom. The van der Waals surface area contributed by atoms with E-state index < -0.39 is 0 Å². The number of para-hydroxylation sites is 4. The molecule has 0 aliphatic carbocycles. The molecule has 0 spiro atoms. The fraction of sp³-hybridized carbons (Fsp3) is 0. The first-order valence-electron chi connectivity index (χ1n) is 13.7. The Bertz CT molecular complexity index is 2450. The van der Waals surface area contributed by atoms with Gasteiger partial charge in [-0.3, -0.25) is 0 Å². The molecule has 9 aromatic rings. The Labute approximate surface area is 242 Å². The average Bonchev–Trinajstić information content (AvgIpc) is 3.68. The van der Waals surface area contributed by atoms with Crippen LogP contribution >= 0.6 is 0 Å². The second-order valence-electron chi connectivity index (χ2n) is 10.5. The highest BCUT2D eigenvalue weighted by molar-refractivity contribution is 6.14. The summed E-state index contributed by atoms with van der Waals surface area (Å²) in [5.74, 6) is 0. The molecular formula is C37H21BN3O. The van der Waals surface area contributed by atoms with Crippen LogP contribution in [0.5, 0.6) is 0 Å². The van der Waals surface area contributed by atoms with Crippen LogP contribution in [0.4, 0.5) is 0 Å². The van der Waals surface area contributed by atoms with Gasteiger partial charge in [0, 0.05) is 46.4 Å². The number of furan rings is 1. The smallest absolute Gasteiger partial charge is 0.159 e. The fourth-order valence-electron chi connectivity index (χ4n) is 6.59. The van der Waals surface area contributed by atoms with E-state index in [0.717, 1.165) is 55.4 Å². The van der Waals surface area contributed by atoms with Gasteiger partial charge >= 0.3 is 0 Å². The van der Waals surface area contributed by atoms with Crippen molar-refractivity contribution in [2.24, 2.45) is 0 Å². The molecule has 3 radical (unpaired) electrons. The first kappa shape index (κ1) is 24.1. The third-order valence-electron chi connectivity index (χ3n) is 8.32. The number of hydrogen-bond acceptors (Lipinski definition) is 2. The van der Waals surface area contributed by atoms with Gasteiger partial charge < -0.3 is 13.6 Å². The van der Waals surface area contributed by atoms with E-state index >= 15 is 0 Å². The Morgan fingerprint density at radius 1 is 0.500 bits per heavy atom. The van der Waals surface area contributed by atoms with Gasteiger partial charge in [-0.1, -0.05) is 72.8 Å². The highest BCUT2D eigenvalue weighted by Crippen LogP contribution is 2.41. The lowest BCUT2D eigenvalue weighted by Crippen LogP contribution is -1.99. The predicted molar refractivity (Wildman–Crippen MR) is 173 cm³/mol. The monoisotopic (exact) mass is 534 g/mol. The molecule has 42 heavy (non-hydrogen) atoms. The summed E-state index contributed by atoms with van der Waals surface area (Å²) >= 11 is 0. The van der Waals surface area contributed by atoms with Crippen molar-refractivity contribution in [3.05, 3.63) is 133 Å². The van der Waals surface area contributed by atoms with E-state index in [1.54, 1.807) is 0 Å². The minimum Gasteiger partial charge on any atom is -0.454 e. The molecule has 3 aromatic heterocycles. The maximum Gasteiger partial charge on any atom is 0.159 e. The third-order valence-corrected chi connectivity index (χ3v) is 8.32. The number of nitrogens with zero attached hydrogens (tertiary/aromatic N) is 3. The first-order chi connectivity index (χ1) is 20.3. The first-order valence-corrected chi connectivity index (χ1v) is 13.7. The summed E-state index contributed by atoms with van der Waals surface area (Å²) in [6, 6.07) is 46.6. The molecule has 0 unspecified atom stereocenters. The van der Waals surface area contributed by atoms with Gasteiger partial charge in [-0.15, -0.1) is 0 Å². The summed E-state index contributed by atoms with van der Waals surface area (Å²) in [4.78, 5) is 0. The maximum absolute atomic E-state index is 9.70. The van der Waals surface area contributed by atoms with Crippen molar-refractivity contribution >= 4 is 74.0 Å². The Kier molecular flexibility index (Phi) is 5.10. The van der Waals surface area contributed by atoms with Crippen LogP contribution in [0.2, 0.25) is 0 Å². The molecule has 0 aliphatic rings. The van der Waals surface area contributed by atoms with Gasteiger partial charge in [-0.25, -0.2) is 0 Å². The molecule has 0 amide bonds. The summed E-state index contributed by atoms with van der Waals surface area (Å²) in [6.07, 6.45) is 0. The highest BCUT2D eigenvalue weighted by atomic mass is 16.3. The minimum absolute atomic E-state index is 0. The van der Waals surface area contributed by atoms with Gasteiger partial charge in [-0.2, -0.15) is 5.26 Å². The molecule has 3 heterocycles. The van der Waals surface area contributed by atoms with Crippen LogP contribution in [-0.4, -0.2) is 17.5 Å². The van der Waals surface area contributed by atoms with E-state index in [-0.39, 0.29) is 8.41 Å². The zero-order valence-electron chi connectivity index (χ0n) is 22.5. The molecule has 9 rings (SSSR count). The number of fused-ring (bicyclic) bond motifs is 9. The largest absolute Gasteiger partial charge is 0.454 e. The van der Waals surface area contributed by atoms with Crippen LogP contribution in [0.15, 0.2) is 132 Å². The van der Waals surface area contributed by atoms with Crippen LogP contribution in [0.3, 0.4) is 0 Å². The van der Waals surface area contributed by atoms with E-state index in [9.17, 15) is 5.26 Å². The van der Waals surface area contributed by atoms with Crippen LogP contribution in [-0.2, 0) is 0 Å². The van der Waals surface area contributed by atoms with Crippen molar-refractivity contribution in [2.75, 3.05) is 0 Å². The lowest BCUT2D eigenvalue weighted by atomic mass is 10.1. The van der Waals surface area contributed by atoms with Crippen molar-refractivity contribution in [3.63, 3.8) is 0 Å². The van der Waals surface area contributed by atoms with Crippen molar-refractivity contribution < 1.29 is 4.42 Å². The lowest BCUT2D eigenvalue weighted by molar-refractivity contribution is 0.666. The molecule has 6 aromatic carbocycles. The van der Waals surface area contributed by atoms with Gasteiger partial charge in [0.15, 0.2) is 5.58 Å². The molecule has 193 valence electrons. The van der Waals surface area contributed by atoms with Crippen LogP contribution < -0.4 is 0 Å². The number of benzene rings is 6. The fourth-order valence-corrected chi connectivity index (χ4v) is 6.59. The van der Waals surface area contributed by atoms with Crippen LogP contribution in [0, 0.1) is 11.3 Å². The predicted octanol–water partition coefficient (Wildman–Crippen LogP) is 9.27. The second kappa shape index (κ2) is 8.89. The Hall–Kier alpha value is -5.73. The molecular weight excluding hydrogens is 513 g/mol. The van der Waals surface area contributed by atoms with Crippen LogP contribution in [0.25, 0.3) is 76.9 Å². The third kappa shape index (κ3) is 3.18. The van der Waals surface area contributed by atoms with Gasteiger partial charge in [0.05, 0.1) is 39.4 Å². The van der Waals surface area contributed by atoms with Gasteiger partial charge in [0.1, 0.15) is 5.58 Å². The highest BCUT2D eigenvalue weighted by Gasteiger charge is 2.21. The molecule has 0 aliphatic heterocycles. The van der Waals surface area contributed by atoms with Gasteiger partial charge in [0.25, 0.3) is 0 Å². The Morgan fingerprint density at radius 3 is 1.52 bits per heavy atom. The van der Waals surface area contributed by atoms with Gasteiger partial charge in [0.2, 0.25) is 0 Å². The van der Waals surface area contributed by atoms with Crippen molar-refractivity contribution in [1.29, 1.82) is 5.26 Å². The van der Waals surface area contributed by atoms with Crippen LogP contribution in [0.1, 0.15) is 5.56 Å². The summed E-state index contributed by atoms with van der Waals surface area (Å²) < 4.78 is 11.3. The maximum atomic E-state index is 9.70. The molecule has 0 bridgehead atoms.